The third-order valence-electron chi connectivity index (χ3n) is 4.92. The topological polar surface area (TPSA) is 57.8 Å². The van der Waals surface area contributed by atoms with E-state index in [1.165, 1.54) is 11.1 Å². The van der Waals surface area contributed by atoms with Crippen molar-refractivity contribution in [2.75, 3.05) is 5.32 Å². The Morgan fingerprint density at radius 2 is 1.71 bits per heavy atom. The Kier molecular flexibility index (Phi) is 5.47. The average molecular weight is 369 g/mol. The number of aromatic nitrogens is 1. The van der Waals surface area contributed by atoms with Gasteiger partial charge in [-0.3, -0.25) is 4.79 Å². The molecule has 0 unspecified atom stereocenters. The molecular formula is C24H23N3O. The highest BCUT2D eigenvalue weighted by atomic mass is 16.1. The van der Waals surface area contributed by atoms with Gasteiger partial charge in [-0.2, -0.15) is 5.26 Å². The van der Waals surface area contributed by atoms with Crippen LogP contribution < -0.4 is 5.32 Å². The first kappa shape index (κ1) is 19.2. The van der Waals surface area contributed by atoms with Crippen LogP contribution in [0.25, 0.3) is 11.8 Å². The number of benzene rings is 2. The maximum absolute atomic E-state index is 12.5. The van der Waals surface area contributed by atoms with Gasteiger partial charge < -0.3 is 9.88 Å². The Morgan fingerprint density at radius 1 is 1.00 bits per heavy atom. The van der Waals surface area contributed by atoms with Gasteiger partial charge >= 0.3 is 0 Å². The van der Waals surface area contributed by atoms with E-state index in [1.54, 1.807) is 18.2 Å². The average Bonchev–Trinajstić information content (AvgIpc) is 2.96. The fourth-order valence-corrected chi connectivity index (χ4v) is 3.22. The fourth-order valence-electron chi connectivity index (χ4n) is 3.22. The second-order valence-electron chi connectivity index (χ2n) is 6.92. The van der Waals surface area contributed by atoms with Gasteiger partial charge in [0.05, 0.1) is 0 Å². The SMILES string of the molecule is Cc1ccc(-n2c(C)cc(/C=C(\C#N)C(=O)Nc3ccccc3)c2C)cc1C. The first-order chi connectivity index (χ1) is 13.4. The minimum absolute atomic E-state index is 0.0733. The molecule has 1 amide bonds. The van der Waals surface area contributed by atoms with E-state index in [4.69, 9.17) is 0 Å². The molecule has 0 saturated carbocycles. The lowest BCUT2D eigenvalue weighted by molar-refractivity contribution is -0.112. The van der Waals surface area contributed by atoms with Crippen molar-refractivity contribution < 1.29 is 4.79 Å². The van der Waals surface area contributed by atoms with Crippen LogP contribution in [0.2, 0.25) is 0 Å². The van der Waals surface area contributed by atoms with E-state index in [1.807, 2.05) is 44.2 Å². The lowest BCUT2D eigenvalue weighted by Gasteiger charge is -2.12. The van der Waals surface area contributed by atoms with Crippen molar-refractivity contribution in [3.63, 3.8) is 0 Å². The van der Waals surface area contributed by atoms with E-state index in [0.29, 0.717) is 5.69 Å². The van der Waals surface area contributed by atoms with E-state index in [0.717, 1.165) is 22.6 Å². The maximum Gasteiger partial charge on any atom is 0.266 e. The van der Waals surface area contributed by atoms with Gasteiger partial charge in [0, 0.05) is 22.8 Å². The Bertz CT molecular complexity index is 1100. The molecule has 0 fully saturated rings. The van der Waals surface area contributed by atoms with Crippen molar-refractivity contribution in [1.29, 1.82) is 5.26 Å². The van der Waals surface area contributed by atoms with Crippen LogP contribution in [0.15, 0.2) is 60.2 Å². The molecule has 0 aliphatic rings. The third-order valence-corrected chi connectivity index (χ3v) is 4.92. The summed E-state index contributed by atoms with van der Waals surface area (Å²) in [6, 6.07) is 19.5. The fraction of sp³-hybridized carbons (Fsp3) is 0.167. The predicted octanol–water partition coefficient (Wildman–Crippen LogP) is 5.26. The normalized spacial score (nSPS) is 11.2. The molecule has 28 heavy (non-hydrogen) atoms. The van der Waals surface area contributed by atoms with Crippen LogP contribution in [0, 0.1) is 39.0 Å². The van der Waals surface area contributed by atoms with Crippen LogP contribution in [-0.4, -0.2) is 10.5 Å². The molecule has 4 nitrogen and oxygen atoms in total. The summed E-state index contributed by atoms with van der Waals surface area (Å²) < 4.78 is 2.14. The van der Waals surface area contributed by atoms with Crippen molar-refractivity contribution in [3.05, 3.63) is 88.2 Å². The lowest BCUT2D eigenvalue weighted by Crippen LogP contribution is -2.13. The second kappa shape index (κ2) is 7.98. The standard InChI is InChI=1S/C24H23N3O/c1-16-10-11-23(12-17(16)2)27-18(3)13-20(19(27)4)14-21(15-25)24(28)26-22-8-6-5-7-9-22/h5-14H,1-4H3,(H,26,28)/b21-14+. The highest BCUT2D eigenvalue weighted by molar-refractivity contribution is 6.09. The number of rotatable bonds is 4. The van der Waals surface area contributed by atoms with Gasteiger partial charge in [0.1, 0.15) is 11.6 Å². The maximum atomic E-state index is 12.5. The Morgan fingerprint density at radius 3 is 2.36 bits per heavy atom. The third kappa shape index (κ3) is 3.89. The summed E-state index contributed by atoms with van der Waals surface area (Å²) in [5, 5.41) is 12.3. The Balaban J connectivity index is 1.96. The summed E-state index contributed by atoms with van der Waals surface area (Å²) in [5.41, 5.74) is 7.17. The number of carbonyl (C=O) groups is 1. The quantitative estimate of drug-likeness (QED) is 0.504. The largest absolute Gasteiger partial charge is 0.321 e. The van der Waals surface area contributed by atoms with Gasteiger partial charge in [-0.1, -0.05) is 24.3 Å². The number of carbonyl (C=O) groups excluding carboxylic acids is 1. The number of hydrogen-bond donors (Lipinski definition) is 1. The predicted molar refractivity (Wildman–Crippen MR) is 113 cm³/mol. The van der Waals surface area contributed by atoms with Gasteiger partial charge in [0.15, 0.2) is 0 Å². The molecule has 0 aliphatic carbocycles. The minimum Gasteiger partial charge on any atom is -0.321 e. The summed E-state index contributed by atoms with van der Waals surface area (Å²) in [7, 11) is 0. The number of aryl methyl sites for hydroxylation is 3. The summed E-state index contributed by atoms with van der Waals surface area (Å²) in [4.78, 5) is 12.5. The number of para-hydroxylation sites is 1. The van der Waals surface area contributed by atoms with Crippen LogP contribution >= 0.6 is 0 Å². The molecule has 4 heteroatoms. The van der Waals surface area contributed by atoms with E-state index in [-0.39, 0.29) is 5.57 Å². The van der Waals surface area contributed by atoms with E-state index in [2.05, 4.69) is 41.9 Å². The molecular weight excluding hydrogens is 346 g/mol. The van der Waals surface area contributed by atoms with Gasteiger partial charge in [-0.25, -0.2) is 0 Å². The minimum atomic E-state index is -0.412. The Hall–Kier alpha value is -3.58. The van der Waals surface area contributed by atoms with Crippen LogP contribution in [0.1, 0.15) is 28.1 Å². The lowest BCUT2D eigenvalue weighted by atomic mass is 10.1. The molecule has 1 aromatic heterocycles. The molecule has 3 aromatic rings. The molecule has 0 spiro atoms. The number of nitrogens with zero attached hydrogens (tertiary/aromatic N) is 2. The van der Waals surface area contributed by atoms with Gasteiger partial charge in [-0.05, 0) is 80.8 Å². The number of amides is 1. The number of nitrogens with one attached hydrogen (secondary N) is 1. The highest BCUT2D eigenvalue weighted by Gasteiger charge is 2.14. The van der Waals surface area contributed by atoms with Crippen molar-refractivity contribution in [1.82, 2.24) is 4.57 Å². The van der Waals surface area contributed by atoms with Gasteiger partial charge in [0.25, 0.3) is 5.91 Å². The van der Waals surface area contributed by atoms with Gasteiger partial charge in [-0.15, -0.1) is 0 Å². The monoisotopic (exact) mass is 369 g/mol. The molecule has 0 saturated heterocycles. The van der Waals surface area contributed by atoms with Crippen molar-refractivity contribution in [2.24, 2.45) is 0 Å². The van der Waals surface area contributed by atoms with Crippen molar-refractivity contribution in [2.45, 2.75) is 27.7 Å². The summed E-state index contributed by atoms with van der Waals surface area (Å²) in [5.74, 6) is -0.412. The number of hydrogen-bond acceptors (Lipinski definition) is 2. The smallest absolute Gasteiger partial charge is 0.266 e. The zero-order valence-electron chi connectivity index (χ0n) is 16.6. The molecule has 1 heterocycles. The molecule has 3 rings (SSSR count). The van der Waals surface area contributed by atoms with Gasteiger partial charge in [0.2, 0.25) is 0 Å². The van der Waals surface area contributed by atoms with E-state index >= 15 is 0 Å². The van der Waals surface area contributed by atoms with Crippen LogP contribution in [0.5, 0.6) is 0 Å². The number of nitriles is 1. The zero-order chi connectivity index (χ0) is 20.3. The van der Waals surface area contributed by atoms with Crippen LogP contribution in [0.3, 0.4) is 0 Å². The summed E-state index contributed by atoms with van der Waals surface area (Å²) >= 11 is 0. The molecule has 0 radical (unpaired) electrons. The summed E-state index contributed by atoms with van der Waals surface area (Å²) in [6.07, 6.45) is 1.65. The van der Waals surface area contributed by atoms with Crippen LogP contribution in [0.4, 0.5) is 5.69 Å². The molecule has 0 aliphatic heterocycles. The first-order valence-corrected chi connectivity index (χ1v) is 9.15. The van der Waals surface area contributed by atoms with E-state index < -0.39 is 5.91 Å². The van der Waals surface area contributed by atoms with Crippen LogP contribution in [-0.2, 0) is 4.79 Å². The Labute approximate surface area is 165 Å². The second-order valence-corrected chi connectivity index (χ2v) is 6.92. The molecule has 140 valence electrons. The molecule has 2 aromatic carbocycles. The number of anilines is 1. The van der Waals surface area contributed by atoms with Crippen molar-refractivity contribution in [3.8, 4) is 11.8 Å². The highest BCUT2D eigenvalue weighted by Crippen LogP contribution is 2.24. The molecule has 0 bridgehead atoms. The first-order valence-electron chi connectivity index (χ1n) is 9.15. The van der Waals surface area contributed by atoms with Crippen molar-refractivity contribution >= 4 is 17.7 Å². The zero-order valence-corrected chi connectivity index (χ0v) is 16.6. The van der Waals surface area contributed by atoms with E-state index in [9.17, 15) is 10.1 Å². The molecule has 0 atom stereocenters. The summed E-state index contributed by atoms with van der Waals surface area (Å²) in [6.45, 7) is 8.20. The molecule has 1 N–H and O–H groups in total.